The van der Waals surface area contributed by atoms with Crippen LogP contribution in [0.3, 0.4) is 0 Å². The summed E-state index contributed by atoms with van der Waals surface area (Å²) in [6.07, 6.45) is 2.73. The molecule has 1 atom stereocenters. The number of aryl methyl sites for hydroxylation is 1. The number of carbonyl (C=O) groups excluding carboxylic acids is 3. The highest BCUT2D eigenvalue weighted by Crippen LogP contribution is 2.30. The van der Waals surface area contributed by atoms with Crippen LogP contribution in [0.1, 0.15) is 54.6 Å². The Morgan fingerprint density at radius 3 is 2.34 bits per heavy atom. The van der Waals surface area contributed by atoms with Crippen molar-refractivity contribution in [3.05, 3.63) is 113 Å². The lowest BCUT2D eigenvalue weighted by Crippen LogP contribution is -2.50. The first kappa shape index (κ1) is 40.6. The van der Waals surface area contributed by atoms with E-state index in [4.69, 9.17) is 15.7 Å². The Morgan fingerprint density at radius 1 is 0.862 bits per heavy atom. The van der Waals surface area contributed by atoms with Crippen molar-refractivity contribution in [3.63, 3.8) is 0 Å². The van der Waals surface area contributed by atoms with Gasteiger partial charge in [0, 0.05) is 93.9 Å². The van der Waals surface area contributed by atoms with Gasteiger partial charge in [0.2, 0.25) is 17.7 Å². The maximum Gasteiger partial charge on any atom is 0.241 e. The summed E-state index contributed by atoms with van der Waals surface area (Å²) in [5, 5.41) is 15.1. The van der Waals surface area contributed by atoms with E-state index in [1.165, 1.54) is 5.56 Å². The summed E-state index contributed by atoms with van der Waals surface area (Å²) in [6.45, 7) is 10.2. The molecule has 5 N–H and O–H groups in total. The number of anilines is 2. The third kappa shape index (κ3) is 10.3. The second-order valence-corrected chi connectivity index (χ2v) is 15.4. The molecule has 3 amide bonds. The fourth-order valence-electron chi connectivity index (χ4n) is 8.12. The number of nitrogens with one attached hydrogen (secondary N) is 2. The van der Waals surface area contributed by atoms with Crippen LogP contribution >= 0.6 is 0 Å². The number of hydrogen-bond donors (Lipinski definition) is 4. The van der Waals surface area contributed by atoms with Gasteiger partial charge in [-0.15, -0.1) is 0 Å². The van der Waals surface area contributed by atoms with Crippen LogP contribution in [0, 0.1) is 0 Å². The monoisotopic (exact) mass is 785 g/mol. The average Bonchev–Trinajstić information content (AvgIpc) is 3.24. The minimum absolute atomic E-state index is 0.0517. The number of allylic oxidation sites excluding steroid dienone is 1. The van der Waals surface area contributed by atoms with E-state index in [9.17, 15) is 19.5 Å². The maximum atomic E-state index is 13.1. The number of aliphatic hydroxyl groups excluding tert-OH is 1. The van der Waals surface area contributed by atoms with E-state index in [0.29, 0.717) is 44.0 Å². The second kappa shape index (κ2) is 19.2. The van der Waals surface area contributed by atoms with Gasteiger partial charge >= 0.3 is 0 Å². The molecule has 13 heteroatoms. The normalized spacial score (nSPS) is 18.5. The fraction of sp³-hybridized carbons (Fsp3) is 0.400. The molecule has 3 fully saturated rings. The topological polar surface area (TPSA) is 160 Å². The Kier molecular flexibility index (Phi) is 13.4. The number of hydrogen-bond acceptors (Lipinski definition) is 11. The maximum absolute atomic E-state index is 13.1. The van der Waals surface area contributed by atoms with E-state index in [2.05, 4.69) is 55.7 Å². The van der Waals surface area contributed by atoms with Crippen LogP contribution < -0.4 is 21.3 Å². The number of aliphatic hydroxyl groups is 1. The third-order valence-corrected chi connectivity index (χ3v) is 11.4. The summed E-state index contributed by atoms with van der Waals surface area (Å²) >= 11 is 0. The van der Waals surface area contributed by atoms with Crippen LogP contribution in [0.25, 0.3) is 16.8 Å². The van der Waals surface area contributed by atoms with E-state index >= 15 is 0 Å². The highest BCUT2D eigenvalue weighted by atomic mass is 16.3. The zero-order valence-electron chi connectivity index (χ0n) is 33.4. The van der Waals surface area contributed by atoms with Crippen LogP contribution in [0.2, 0.25) is 0 Å². The van der Waals surface area contributed by atoms with E-state index in [1.807, 2.05) is 66.4 Å². The van der Waals surface area contributed by atoms with Crippen LogP contribution in [-0.4, -0.2) is 126 Å². The lowest BCUT2D eigenvalue weighted by molar-refractivity contribution is -0.134. The number of imide groups is 1. The number of β-amino-alcohol motifs (C(OH)–C–C–N with tert-alkyl or cyclic N) is 1. The molecule has 0 saturated carbocycles. The lowest BCUT2D eigenvalue weighted by Gasteiger charge is -2.35. The molecule has 1 aromatic heterocycles. The molecule has 0 bridgehead atoms. The quantitative estimate of drug-likeness (QED) is 0.138. The molecule has 304 valence electrons. The van der Waals surface area contributed by atoms with Gasteiger partial charge in [-0.25, -0.2) is 9.97 Å². The highest BCUT2D eigenvalue weighted by molar-refractivity contribution is 6.01. The number of nitrogens with two attached hydrogens (primary N) is 1. The Balaban J connectivity index is 0.942. The molecule has 3 aromatic carbocycles. The first-order valence-electron chi connectivity index (χ1n) is 20.5. The van der Waals surface area contributed by atoms with Gasteiger partial charge in [0.1, 0.15) is 5.82 Å². The van der Waals surface area contributed by atoms with Crippen molar-refractivity contribution in [2.75, 3.05) is 88.8 Å². The molecule has 3 aliphatic heterocycles. The first-order chi connectivity index (χ1) is 28.2. The van der Waals surface area contributed by atoms with Crippen LogP contribution in [0.15, 0.2) is 90.6 Å². The number of benzene rings is 3. The van der Waals surface area contributed by atoms with Gasteiger partial charge in [0.15, 0.2) is 5.82 Å². The molecule has 0 radical (unpaired) electrons. The number of piperazine rings is 2. The number of piperidine rings is 1. The summed E-state index contributed by atoms with van der Waals surface area (Å²) in [7, 11) is 0. The van der Waals surface area contributed by atoms with Gasteiger partial charge in [-0.1, -0.05) is 60.7 Å². The molecule has 4 heterocycles. The Hall–Kier alpha value is -5.63. The molecule has 1 unspecified atom stereocenters. The smallest absolute Gasteiger partial charge is 0.241 e. The standard InChI is InChI=1S/C45H55N9O4/c1-32(46)43(34-10-3-2-4-11-34)44-48-39(30-40(49-44)53-22-18-52(19-23-53)26-27-55)36-13-5-8-33(28-36)9-7-17-51-20-24-54(25-21-51)42(57)31-47-37-14-6-12-35(29-37)38-15-16-41(56)50-45(38)58/h2-6,8,10-14,28-30,38,47,55H,7,9,15-27,31,46H2,1H3,(H,50,56,58)/b43-32-. The van der Waals surface area contributed by atoms with E-state index in [0.717, 1.165) is 98.1 Å². The van der Waals surface area contributed by atoms with Crippen molar-refractivity contribution >= 4 is 34.8 Å². The molecule has 0 aliphatic carbocycles. The SMILES string of the molecule is C/C(N)=C(\c1ccccc1)c1nc(-c2cccc(CCCN3CCN(C(=O)CNc4cccc(C5CCC(=O)NC5=O)c4)CC3)c2)cc(N2CCN(CCO)CC2)n1. The minimum Gasteiger partial charge on any atom is -0.402 e. The van der Waals surface area contributed by atoms with Crippen molar-refractivity contribution in [2.45, 2.75) is 38.5 Å². The number of rotatable bonds is 14. The molecule has 7 rings (SSSR count). The summed E-state index contributed by atoms with van der Waals surface area (Å²) in [5.74, 6) is 0.670. The summed E-state index contributed by atoms with van der Waals surface area (Å²) < 4.78 is 0. The minimum atomic E-state index is -0.361. The van der Waals surface area contributed by atoms with Crippen LogP contribution in [0.4, 0.5) is 11.5 Å². The molecule has 3 saturated heterocycles. The van der Waals surface area contributed by atoms with Crippen LogP contribution in [0.5, 0.6) is 0 Å². The molecular weight excluding hydrogens is 731 g/mol. The zero-order chi connectivity index (χ0) is 40.4. The Labute approximate surface area is 340 Å². The lowest BCUT2D eigenvalue weighted by atomic mass is 9.90. The van der Waals surface area contributed by atoms with E-state index < -0.39 is 0 Å². The van der Waals surface area contributed by atoms with Crippen molar-refractivity contribution < 1.29 is 19.5 Å². The molecule has 4 aromatic rings. The highest BCUT2D eigenvalue weighted by Gasteiger charge is 2.28. The van der Waals surface area contributed by atoms with Crippen molar-refractivity contribution in [1.29, 1.82) is 0 Å². The van der Waals surface area contributed by atoms with Gasteiger partial charge in [0.25, 0.3) is 0 Å². The van der Waals surface area contributed by atoms with Gasteiger partial charge in [0.05, 0.1) is 24.8 Å². The van der Waals surface area contributed by atoms with E-state index in [-0.39, 0.29) is 36.8 Å². The van der Waals surface area contributed by atoms with E-state index in [1.54, 1.807) is 0 Å². The third-order valence-electron chi connectivity index (χ3n) is 11.4. The van der Waals surface area contributed by atoms with Crippen molar-refractivity contribution in [2.24, 2.45) is 5.73 Å². The largest absolute Gasteiger partial charge is 0.402 e. The van der Waals surface area contributed by atoms with Crippen molar-refractivity contribution in [1.82, 2.24) is 30.0 Å². The Bertz CT molecular complexity index is 2090. The fourth-order valence-corrected chi connectivity index (χ4v) is 8.12. The Morgan fingerprint density at radius 2 is 1.60 bits per heavy atom. The average molecular weight is 786 g/mol. The predicted molar refractivity (Wildman–Crippen MR) is 227 cm³/mol. The number of aromatic nitrogens is 2. The summed E-state index contributed by atoms with van der Waals surface area (Å²) in [6, 6.07) is 28.3. The van der Waals surface area contributed by atoms with Crippen molar-refractivity contribution in [3.8, 4) is 11.3 Å². The molecule has 0 spiro atoms. The molecule has 13 nitrogen and oxygen atoms in total. The second-order valence-electron chi connectivity index (χ2n) is 15.4. The number of nitrogens with zero attached hydrogens (tertiary/aromatic N) is 6. The number of carbonyl (C=O) groups is 3. The predicted octanol–water partition coefficient (Wildman–Crippen LogP) is 3.71. The summed E-state index contributed by atoms with van der Waals surface area (Å²) in [4.78, 5) is 56.2. The molecule has 58 heavy (non-hydrogen) atoms. The molecule has 3 aliphatic rings. The van der Waals surface area contributed by atoms with Gasteiger partial charge in [-0.05, 0) is 67.6 Å². The van der Waals surface area contributed by atoms with Gasteiger partial charge in [-0.2, -0.15) is 0 Å². The van der Waals surface area contributed by atoms with Gasteiger partial charge in [-0.3, -0.25) is 29.5 Å². The van der Waals surface area contributed by atoms with Gasteiger partial charge < -0.3 is 26.0 Å². The molecular formula is C45H55N9O4. The number of amides is 3. The zero-order valence-corrected chi connectivity index (χ0v) is 33.4. The van der Waals surface area contributed by atoms with Crippen LogP contribution in [-0.2, 0) is 20.8 Å². The first-order valence-corrected chi connectivity index (χ1v) is 20.5. The summed E-state index contributed by atoms with van der Waals surface area (Å²) in [5.41, 5.74) is 13.7.